The van der Waals surface area contributed by atoms with Crippen molar-refractivity contribution in [1.82, 2.24) is 9.80 Å². The summed E-state index contributed by atoms with van der Waals surface area (Å²) in [4.78, 5) is 36.6. The maximum atomic E-state index is 11.8. The SMILES string of the molecule is CCN1C(=O)CC(N(CC)CC(=O)O)C1=O. The largest absolute Gasteiger partial charge is 0.480 e. The Morgan fingerprint density at radius 3 is 2.50 bits per heavy atom. The average molecular weight is 228 g/mol. The van der Waals surface area contributed by atoms with E-state index in [0.29, 0.717) is 13.1 Å². The van der Waals surface area contributed by atoms with Crippen LogP contribution in [0.15, 0.2) is 0 Å². The number of imide groups is 1. The van der Waals surface area contributed by atoms with Crippen molar-refractivity contribution < 1.29 is 19.5 Å². The molecule has 6 nitrogen and oxygen atoms in total. The number of carbonyl (C=O) groups excluding carboxylic acids is 2. The first-order chi connectivity index (χ1) is 7.51. The van der Waals surface area contributed by atoms with Crippen LogP contribution in [0, 0.1) is 0 Å². The molecule has 16 heavy (non-hydrogen) atoms. The van der Waals surface area contributed by atoms with Crippen LogP contribution in [-0.4, -0.2) is 58.4 Å². The fraction of sp³-hybridized carbons (Fsp3) is 0.700. The fourth-order valence-electron chi connectivity index (χ4n) is 1.90. The van der Waals surface area contributed by atoms with E-state index in [-0.39, 0.29) is 24.8 Å². The van der Waals surface area contributed by atoms with Crippen LogP contribution < -0.4 is 0 Å². The van der Waals surface area contributed by atoms with Gasteiger partial charge in [-0.1, -0.05) is 6.92 Å². The Hall–Kier alpha value is -1.43. The first-order valence-electron chi connectivity index (χ1n) is 5.31. The maximum Gasteiger partial charge on any atom is 0.317 e. The number of nitrogens with zero attached hydrogens (tertiary/aromatic N) is 2. The average Bonchev–Trinajstić information content (AvgIpc) is 2.50. The van der Waals surface area contributed by atoms with E-state index in [1.54, 1.807) is 13.8 Å². The van der Waals surface area contributed by atoms with Gasteiger partial charge in [-0.2, -0.15) is 0 Å². The second-order valence-electron chi connectivity index (χ2n) is 3.65. The number of hydrogen-bond donors (Lipinski definition) is 1. The Balaban J connectivity index is 2.76. The topological polar surface area (TPSA) is 77.9 Å². The molecule has 1 saturated heterocycles. The highest BCUT2D eigenvalue weighted by Gasteiger charge is 2.40. The molecule has 1 heterocycles. The molecule has 0 saturated carbocycles. The Labute approximate surface area is 93.8 Å². The van der Waals surface area contributed by atoms with Crippen molar-refractivity contribution in [2.24, 2.45) is 0 Å². The molecule has 0 aliphatic carbocycles. The predicted octanol–water partition coefficient (Wildman–Crippen LogP) is -0.460. The first-order valence-corrected chi connectivity index (χ1v) is 5.31. The lowest BCUT2D eigenvalue weighted by atomic mass is 10.2. The summed E-state index contributed by atoms with van der Waals surface area (Å²) >= 11 is 0. The zero-order valence-electron chi connectivity index (χ0n) is 9.47. The lowest BCUT2D eigenvalue weighted by molar-refractivity contribution is -0.141. The van der Waals surface area contributed by atoms with E-state index in [1.807, 2.05) is 0 Å². The van der Waals surface area contributed by atoms with Gasteiger partial charge in [-0.3, -0.25) is 24.2 Å². The van der Waals surface area contributed by atoms with Crippen LogP contribution in [0.2, 0.25) is 0 Å². The third-order valence-corrected chi connectivity index (χ3v) is 2.72. The molecule has 1 rings (SSSR count). The van der Waals surface area contributed by atoms with Crippen molar-refractivity contribution in [3.63, 3.8) is 0 Å². The van der Waals surface area contributed by atoms with E-state index in [2.05, 4.69) is 0 Å². The number of hydrogen-bond acceptors (Lipinski definition) is 4. The highest BCUT2D eigenvalue weighted by molar-refractivity contribution is 6.05. The summed E-state index contributed by atoms with van der Waals surface area (Å²) in [6, 6.07) is -0.603. The molecule has 0 aromatic heterocycles. The second kappa shape index (κ2) is 5.07. The Bertz CT molecular complexity index is 316. The van der Waals surface area contributed by atoms with Crippen molar-refractivity contribution in [1.29, 1.82) is 0 Å². The minimum absolute atomic E-state index is 0.0911. The van der Waals surface area contributed by atoms with Gasteiger partial charge < -0.3 is 5.11 Å². The quantitative estimate of drug-likeness (QED) is 0.644. The van der Waals surface area contributed by atoms with Gasteiger partial charge in [-0.15, -0.1) is 0 Å². The molecule has 1 unspecified atom stereocenters. The van der Waals surface area contributed by atoms with Gasteiger partial charge in [0, 0.05) is 6.54 Å². The van der Waals surface area contributed by atoms with Crippen LogP contribution in [0.3, 0.4) is 0 Å². The number of likely N-dealkylation sites (N-methyl/N-ethyl adjacent to an activating group) is 2. The molecule has 6 heteroatoms. The predicted molar refractivity (Wildman–Crippen MR) is 55.7 cm³/mol. The van der Waals surface area contributed by atoms with Gasteiger partial charge in [0.25, 0.3) is 0 Å². The molecule has 2 amide bonds. The van der Waals surface area contributed by atoms with Gasteiger partial charge in [-0.25, -0.2) is 0 Å². The molecule has 1 aliphatic rings. The third-order valence-electron chi connectivity index (χ3n) is 2.72. The van der Waals surface area contributed by atoms with Gasteiger partial charge in [0.15, 0.2) is 0 Å². The first kappa shape index (κ1) is 12.6. The molecule has 0 bridgehead atoms. The normalized spacial score (nSPS) is 20.9. The molecule has 0 aromatic rings. The van der Waals surface area contributed by atoms with Gasteiger partial charge in [0.1, 0.15) is 0 Å². The van der Waals surface area contributed by atoms with Crippen molar-refractivity contribution in [3.8, 4) is 0 Å². The second-order valence-corrected chi connectivity index (χ2v) is 3.65. The Morgan fingerprint density at radius 2 is 2.12 bits per heavy atom. The standard InChI is InChI=1S/C10H16N2O4/c1-3-11(6-9(14)15)7-5-8(13)12(4-2)10(7)16/h7H,3-6H2,1-2H3,(H,14,15). The van der Waals surface area contributed by atoms with Crippen LogP contribution in [0.25, 0.3) is 0 Å². The minimum atomic E-state index is -0.989. The molecule has 1 atom stereocenters. The molecule has 0 aromatic carbocycles. The monoisotopic (exact) mass is 228 g/mol. The zero-order valence-corrected chi connectivity index (χ0v) is 9.47. The number of carboxylic acid groups (broad SMARTS) is 1. The Kier molecular flexibility index (Phi) is 4.00. The van der Waals surface area contributed by atoms with Gasteiger partial charge in [-0.05, 0) is 13.5 Å². The van der Waals surface area contributed by atoms with E-state index >= 15 is 0 Å². The van der Waals surface area contributed by atoms with Gasteiger partial charge in [0.2, 0.25) is 11.8 Å². The van der Waals surface area contributed by atoms with Gasteiger partial charge in [0.05, 0.1) is 19.0 Å². The lowest BCUT2D eigenvalue weighted by Gasteiger charge is -2.23. The minimum Gasteiger partial charge on any atom is -0.480 e. The van der Waals surface area contributed by atoms with Crippen LogP contribution in [0.1, 0.15) is 20.3 Å². The number of rotatable bonds is 5. The van der Waals surface area contributed by atoms with Gasteiger partial charge >= 0.3 is 5.97 Å². The van der Waals surface area contributed by atoms with Crippen molar-refractivity contribution >= 4 is 17.8 Å². The molecule has 0 spiro atoms. The number of carboxylic acids is 1. The van der Waals surface area contributed by atoms with Crippen LogP contribution in [-0.2, 0) is 14.4 Å². The summed E-state index contributed by atoms with van der Waals surface area (Å²) < 4.78 is 0. The third kappa shape index (κ3) is 2.38. The van der Waals surface area contributed by atoms with Crippen LogP contribution in [0.5, 0.6) is 0 Å². The van der Waals surface area contributed by atoms with E-state index in [1.165, 1.54) is 9.80 Å². The van der Waals surface area contributed by atoms with Crippen LogP contribution >= 0.6 is 0 Å². The van der Waals surface area contributed by atoms with E-state index in [4.69, 9.17) is 5.11 Å². The lowest BCUT2D eigenvalue weighted by Crippen LogP contribution is -2.44. The van der Waals surface area contributed by atoms with Crippen molar-refractivity contribution in [2.75, 3.05) is 19.6 Å². The number of likely N-dealkylation sites (tertiary alicyclic amines) is 1. The summed E-state index contributed by atoms with van der Waals surface area (Å²) in [5, 5.41) is 8.70. The highest BCUT2D eigenvalue weighted by atomic mass is 16.4. The molecular formula is C10H16N2O4. The highest BCUT2D eigenvalue weighted by Crippen LogP contribution is 2.18. The maximum absolute atomic E-state index is 11.8. The van der Waals surface area contributed by atoms with E-state index in [9.17, 15) is 14.4 Å². The number of aliphatic carboxylic acids is 1. The molecule has 1 aliphatic heterocycles. The zero-order chi connectivity index (χ0) is 12.3. The van der Waals surface area contributed by atoms with Crippen molar-refractivity contribution in [2.45, 2.75) is 26.3 Å². The summed E-state index contributed by atoms with van der Waals surface area (Å²) in [5.74, 6) is -1.49. The summed E-state index contributed by atoms with van der Waals surface area (Å²) in [6.45, 7) is 4.07. The molecular weight excluding hydrogens is 212 g/mol. The Morgan fingerprint density at radius 1 is 1.50 bits per heavy atom. The van der Waals surface area contributed by atoms with E-state index in [0.717, 1.165) is 0 Å². The smallest absolute Gasteiger partial charge is 0.317 e. The summed E-state index contributed by atoms with van der Waals surface area (Å²) in [5.41, 5.74) is 0. The molecule has 1 fully saturated rings. The van der Waals surface area contributed by atoms with E-state index < -0.39 is 12.0 Å². The molecule has 1 N–H and O–H groups in total. The fourth-order valence-corrected chi connectivity index (χ4v) is 1.90. The number of carbonyl (C=O) groups is 3. The van der Waals surface area contributed by atoms with Crippen molar-refractivity contribution in [3.05, 3.63) is 0 Å². The molecule has 90 valence electrons. The summed E-state index contributed by atoms with van der Waals surface area (Å²) in [6.07, 6.45) is 0.0911. The van der Waals surface area contributed by atoms with Crippen LogP contribution in [0.4, 0.5) is 0 Å². The number of amides is 2. The summed E-state index contributed by atoms with van der Waals surface area (Å²) in [7, 11) is 0. The molecule has 0 radical (unpaired) electrons.